The number of fused-ring (bicyclic) bond motifs is 1. The second-order valence-corrected chi connectivity index (χ2v) is 11.2. The van der Waals surface area contributed by atoms with Gasteiger partial charge < -0.3 is 31.6 Å². The third kappa shape index (κ3) is 6.17. The van der Waals surface area contributed by atoms with E-state index in [1.54, 1.807) is 0 Å². The van der Waals surface area contributed by atoms with Gasteiger partial charge in [-0.15, -0.1) is 0 Å². The minimum atomic E-state index is -0.730. The van der Waals surface area contributed by atoms with E-state index in [1.165, 1.54) is 6.42 Å². The molecule has 0 radical (unpaired) electrons. The Morgan fingerprint density at radius 3 is 2.83 bits per heavy atom. The summed E-state index contributed by atoms with van der Waals surface area (Å²) in [5, 5.41) is 16.0. The van der Waals surface area contributed by atoms with Gasteiger partial charge in [-0.05, 0) is 57.4 Å². The highest BCUT2D eigenvalue weighted by molar-refractivity contribution is 5.80. The van der Waals surface area contributed by atoms with Gasteiger partial charge in [0, 0.05) is 44.3 Å². The molecular formula is C26H46N6O3. The molecule has 0 saturated carbocycles. The number of amides is 1. The lowest BCUT2D eigenvalue weighted by Crippen LogP contribution is -2.74. The van der Waals surface area contributed by atoms with Crippen LogP contribution < -0.4 is 22.1 Å². The van der Waals surface area contributed by atoms with Crippen LogP contribution in [0.1, 0.15) is 71.1 Å². The highest BCUT2D eigenvalue weighted by Gasteiger charge is 2.57. The molecule has 4 aliphatic rings. The third-order valence-corrected chi connectivity index (χ3v) is 8.86. The lowest BCUT2D eigenvalue weighted by Gasteiger charge is -2.64. The Morgan fingerprint density at radius 2 is 2.11 bits per heavy atom. The predicted octanol–water partition coefficient (Wildman–Crippen LogP) is 1.22. The van der Waals surface area contributed by atoms with E-state index in [1.807, 2.05) is 0 Å². The fourth-order valence-corrected chi connectivity index (χ4v) is 6.85. The maximum absolute atomic E-state index is 13.7. The van der Waals surface area contributed by atoms with Crippen molar-refractivity contribution in [2.24, 2.45) is 23.3 Å². The van der Waals surface area contributed by atoms with Gasteiger partial charge in [0.25, 0.3) is 0 Å². The van der Waals surface area contributed by atoms with Crippen LogP contribution in [0.3, 0.4) is 0 Å². The van der Waals surface area contributed by atoms with Crippen LogP contribution >= 0.6 is 0 Å². The fourth-order valence-electron chi connectivity index (χ4n) is 6.85. The average Bonchev–Trinajstić information content (AvgIpc) is 2.84. The van der Waals surface area contributed by atoms with Crippen molar-refractivity contribution < 1.29 is 14.3 Å². The molecule has 0 aromatic carbocycles. The highest BCUT2D eigenvalue weighted by atomic mass is 16.5. The summed E-state index contributed by atoms with van der Waals surface area (Å²) in [4.78, 5) is 16.2. The van der Waals surface area contributed by atoms with Gasteiger partial charge in [-0.1, -0.05) is 19.8 Å². The van der Waals surface area contributed by atoms with Gasteiger partial charge in [0.15, 0.2) is 0 Å². The first-order valence-electron chi connectivity index (χ1n) is 13.9. The van der Waals surface area contributed by atoms with Gasteiger partial charge in [-0.2, -0.15) is 5.26 Å². The van der Waals surface area contributed by atoms with Gasteiger partial charge in [0.05, 0.1) is 36.4 Å². The third-order valence-electron chi connectivity index (χ3n) is 8.86. The first-order chi connectivity index (χ1) is 17.0. The number of nitriles is 1. The molecule has 0 bridgehead atoms. The normalized spacial score (nSPS) is 35.1. The Bertz CT molecular complexity index is 739. The van der Waals surface area contributed by atoms with E-state index in [4.69, 9.17) is 20.9 Å². The molecule has 4 fully saturated rings. The van der Waals surface area contributed by atoms with E-state index in [0.29, 0.717) is 18.9 Å². The Balaban J connectivity index is 1.43. The fraction of sp³-hybridized carbons (Fsp3) is 0.923. The number of ether oxygens (including phenoxy) is 2. The van der Waals surface area contributed by atoms with Crippen LogP contribution in [0.25, 0.3) is 0 Å². The molecule has 0 aromatic rings. The summed E-state index contributed by atoms with van der Waals surface area (Å²) >= 11 is 0. The van der Waals surface area contributed by atoms with Gasteiger partial charge >= 0.3 is 0 Å². The van der Waals surface area contributed by atoms with Gasteiger partial charge in [0.1, 0.15) is 0 Å². The minimum Gasteiger partial charge on any atom is -0.381 e. The molecule has 35 heavy (non-hydrogen) atoms. The van der Waals surface area contributed by atoms with E-state index in [0.717, 1.165) is 77.7 Å². The van der Waals surface area contributed by atoms with Crippen LogP contribution in [0.2, 0.25) is 0 Å². The van der Waals surface area contributed by atoms with Crippen LogP contribution in [0.4, 0.5) is 0 Å². The summed E-state index contributed by atoms with van der Waals surface area (Å²) in [6.07, 6.45) is 9.31. The molecule has 1 amide bonds. The maximum atomic E-state index is 13.7. The zero-order valence-corrected chi connectivity index (χ0v) is 21.4. The second-order valence-electron chi connectivity index (χ2n) is 11.2. The van der Waals surface area contributed by atoms with Crippen molar-refractivity contribution >= 4 is 5.91 Å². The van der Waals surface area contributed by atoms with Crippen molar-refractivity contribution in [3.05, 3.63) is 0 Å². The van der Waals surface area contributed by atoms with Crippen LogP contribution in [0.5, 0.6) is 0 Å². The van der Waals surface area contributed by atoms with Gasteiger partial charge in [-0.25, -0.2) is 0 Å². The van der Waals surface area contributed by atoms with E-state index >= 15 is 0 Å². The topological polar surface area (TPSA) is 139 Å². The standard InChI is InChI=1S/C26H46N6O3/c1-2-3-9-26-10-4-18(5-11-27)17-32(26)21(15-26)23(24(28)29)25(33)31-20-16-30-12-6-22(20)35-19-7-13-34-14-8-19/h18-24,30H,2-10,12-17,28-29H2,1H3,(H,31,33). The number of nitrogens with two attached hydrogens (primary N) is 2. The summed E-state index contributed by atoms with van der Waals surface area (Å²) in [6, 6.07) is 2.28. The molecule has 0 spiro atoms. The van der Waals surface area contributed by atoms with E-state index in [2.05, 4.69) is 28.5 Å². The summed E-state index contributed by atoms with van der Waals surface area (Å²) in [5.74, 6) is -0.183. The van der Waals surface area contributed by atoms with Crippen molar-refractivity contribution in [2.75, 3.05) is 32.8 Å². The van der Waals surface area contributed by atoms with Crippen LogP contribution in [0.15, 0.2) is 0 Å². The Morgan fingerprint density at radius 1 is 1.31 bits per heavy atom. The number of piperidine rings is 2. The molecule has 6 N–H and O–H groups in total. The first-order valence-corrected chi connectivity index (χ1v) is 13.9. The van der Waals surface area contributed by atoms with E-state index in [-0.39, 0.29) is 35.7 Å². The maximum Gasteiger partial charge on any atom is 0.227 e. The zero-order valence-electron chi connectivity index (χ0n) is 21.4. The van der Waals surface area contributed by atoms with Crippen LogP contribution in [-0.4, -0.2) is 79.7 Å². The average molecular weight is 491 g/mol. The largest absolute Gasteiger partial charge is 0.381 e. The molecular weight excluding hydrogens is 444 g/mol. The lowest BCUT2D eigenvalue weighted by atomic mass is 9.64. The molecule has 198 valence electrons. The van der Waals surface area contributed by atoms with Crippen LogP contribution in [-0.2, 0) is 14.3 Å². The van der Waals surface area contributed by atoms with Gasteiger partial charge in [-0.3, -0.25) is 9.69 Å². The number of rotatable bonds is 10. The number of nitrogens with zero attached hydrogens (tertiary/aromatic N) is 2. The molecule has 9 heteroatoms. The molecule has 4 heterocycles. The monoisotopic (exact) mass is 490 g/mol. The Kier molecular flexibility index (Phi) is 9.41. The molecule has 4 aliphatic heterocycles. The smallest absolute Gasteiger partial charge is 0.227 e. The van der Waals surface area contributed by atoms with Crippen molar-refractivity contribution in [3.8, 4) is 6.07 Å². The highest BCUT2D eigenvalue weighted by Crippen LogP contribution is 2.51. The molecule has 6 atom stereocenters. The molecule has 0 aliphatic carbocycles. The molecule has 4 saturated heterocycles. The molecule has 6 unspecified atom stereocenters. The second kappa shape index (κ2) is 12.3. The Hall–Kier alpha value is -1.28. The van der Waals surface area contributed by atoms with Crippen molar-refractivity contribution in [2.45, 2.75) is 107 Å². The van der Waals surface area contributed by atoms with Crippen molar-refractivity contribution in [1.29, 1.82) is 5.26 Å². The lowest BCUT2D eigenvalue weighted by molar-refractivity contribution is -0.159. The summed E-state index contributed by atoms with van der Waals surface area (Å²) in [7, 11) is 0. The summed E-state index contributed by atoms with van der Waals surface area (Å²) in [6.45, 7) is 6.13. The SMILES string of the molecule is CCCCC12CCC(CC#N)CN1C(C(C(=O)NC1CNCCC1OC1CCOCC1)C(N)N)C2. The van der Waals surface area contributed by atoms with E-state index < -0.39 is 12.1 Å². The summed E-state index contributed by atoms with van der Waals surface area (Å²) < 4.78 is 11.9. The Labute approximate surface area is 210 Å². The molecule has 0 aromatic heterocycles. The first kappa shape index (κ1) is 26.8. The number of carbonyl (C=O) groups is 1. The van der Waals surface area contributed by atoms with Crippen LogP contribution in [0, 0.1) is 23.2 Å². The number of hydrogen-bond donors (Lipinski definition) is 4. The quantitative estimate of drug-likeness (QED) is 0.335. The predicted molar refractivity (Wildman–Crippen MR) is 134 cm³/mol. The van der Waals surface area contributed by atoms with Crippen molar-refractivity contribution in [1.82, 2.24) is 15.5 Å². The van der Waals surface area contributed by atoms with Crippen molar-refractivity contribution in [3.63, 3.8) is 0 Å². The number of nitrogens with one attached hydrogen (secondary N) is 2. The number of carbonyl (C=O) groups excluding carboxylic acids is 1. The minimum absolute atomic E-state index is 0.0158. The van der Waals surface area contributed by atoms with E-state index in [9.17, 15) is 10.1 Å². The molecule has 9 nitrogen and oxygen atoms in total. The summed E-state index contributed by atoms with van der Waals surface area (Å²) in [5.41, 5.74) is 12.7. The van der Waals surface area contributed by atoms with Gasteiger partial charge in [0.2, 0.25) is 5.91 Å². The number of hydrogen-bond acceptors (Lipinski definition) is 8. The zero-order chi connectivity index (χ0) is 24.8. The molecule has 4 rings (SSSR count). The number of unbranched alkanes of at least 4 members (excludes halogenated alkanes) is 1.